The van der Waals surface area contributed by atoms with Gasteiger partial charge in [-0.05, 0) is 24.7 Å². The Hall–Kier alpha value is -0.450. The maximum Gasteiger partial charge on any atom is 0.409 e. The zero-order chi connectivity index (χ0) is 12.6. The van der Waals surface area contributed by atoms with Gasteiger partial charge in [-0.1, -0.05) is 20.8 Å². The largest absolute Gasteiger partial charge is 0.449 e. The van der Waals surface area contributed by atoms with Crippen LogP contribution in [-0.4, -0.2) is 30.7 Å². The van der Waals surface area contributed by atoms with E-state index in [1.165, 1.54) is 0 Å². The number of thiol groups is 1. The van der Waals surface area contributed by atoms with Gasteiger partial charge in [-0.25, -0.2) is 4.79 Å². The summed E-state index contributed by atoms with van der Waals surface area (Å²) in [5, 5.41) is 0. The van der Waals surface area contributed by atoms with Crippen LogP contribution in [0.25, 0.3) is 0 Å². The molecule has 1 aliphatic heterocycles. The zero-order valence-electron chi connectivity index (χ0n) is 10.3. The SMILES string of the molecule is CC(C)COC(=O)N1CCC(C)CC1.FS. The fraction of sp³-hybridized carbons (Fsp3) is 0.909. The van der Waals surface area contributed by atoms with Crippen molar-refractivity contribution in [2.75, 3.05) is 19.7 Å². The first-order valence-electron chi connectivity index (χ1n) is 5.68. The highest BCUT2D eigenvalue weighted by atomic mass is 32.1. The fourth-order valence-electron chi connectivity index (χ4n) is 1.52. The summed E-state index contributed by atoms with van der Waals surface area (Å²) in [6.45, 7) is 8.58. The van der Waals surface area contributed by atoms with Crippen molar-refractivity contribution >= 4 is 19.1 Å². The Balaban J connectivity index is 0.00000106. The average Bonchev–Trinajstić information content (AvgIpc) is 2.29. The molecule has 0 aromatic rings. The van der Waals surface area contributed by atoms with Crippen LogP contribution in [0.4, 0.5) is 8.68 Å². The summed E-state index contributed by atoms with van der Waals surface area (Å²) in [4.78, 5) is 13.3. The Morgan fingerprint density at radius 2 is 1.94 bits per heavy atom. The summed E-state index contributed by atoms with van der Waals surface area (Å²) in [7, 11) is 0. The number of amides is 1. The van der Waals surface area contributed by atoms with E-state index in [0.29, 0.717) is 12.5 Å². The lowest BCUT2D eigenvalue weighted by Crippen LogP contribution is -2.38. The molecule has 0 aromatic carbocycles. The third-order valence-corrected chi connectivity index (χ3v) is 2.58. The second-order valence-corrected chi connectivity index (χ2v) is 4.64. The highest BCUT2D eigenvalue weighted by Gasteiger charge is 2.21. The van der Waals surface area contributed by atoms with E-state index in [1.54, 1.807) is 0 Å². The molecular weight excluding hydrogens is 229 g/mol. The van der Waals surface area contributed by atoms with Crippen molar-refractivity contribution in [3.05, 3.63) is 0 Å². The molecule has 0 spiro atoms. The van der Waals surface area contributed by atoms with Gasteiger partial charge in [-0.2, -0.15) is 3.89 Å². The van der Waals surface area contributed by atoms with E-state index < -0.39 is 0 Å². The number of carbonyl (C=O) groups is 1. The molecule has 0 N–H and O–H groups in total. The minimum atomic E-state index is -0.134. The molecule has 3 nitrogen and oxygen atoms in total. The topological polar surface area (TPSA) is 29.5 Å². The molecule has 1 heterocycles. The van der Waals surface area contributed by atoms with Crippen LogP contribution in [0.2, 0.25) is 0 Å². The van der Waals surface area contributed by atoms with Gasteiger partial charge in [0.05, 0.1) is 6.61 Å². The molecule has 1 saturated heterocycles. The van der Waals surface area contributed by atoms with E-state index in [0.717, 1.165) is 31.8 Å². The van der Waals surface area contributed by atoms with Crippen molar-refractivity contribution in [2.45, 2.75) is 33.6 Å². The number of likely N-dealkylation sites (tertiary alicyclic amines) is 1. The number of rotatable bonds is 2. The van der Waals surface area contributed by atoms with E-state index in [9.17, 15) is 8.68 Å². The number of piperidine rings is 1. The summed E-state index contributed by atoms with van der Waals surface area (Å²) in [5.74, 6) is 1.17. The predicted octanol–water partition coefficient (Wildman–Crippen LogP) is 3.31. The molecule has 0 radical (unpaired) electrons. The van der Waals surface area contributed by atoms with Crippen LogP contribution in [0.15, 0.2) is 0 Å². The molecule has 1 amide bonds. The lowest BCUT2D eigenvalue weighted by molar-refractivity contribution is 0.0803. The fourth-order valence-corrected chi connectivity index (χ4v) is 1.52. The molecule has 1 rings (SSSR count). The number of ether oxygens (including phenoxy) is 1. The molecule has 1 aliphatic rings. The van der Waals surface area contributed by atoms with E-state index in [4.69, 9.17) is 4.74 Å². The summed E-state index contributed by atoms with van der Waals surface area (Å²) >= 11 is 2.03. The molecule has 16 heavy (non-hydrogen) atoms. The normalized spacial score (nSPS) is 16.8. The summed E-state index contributed by atoms with van der Waals surface area (Å²) in [5.41, 5.74) is 0. The maximum absolute atomic E-state index is 11.5. The van der Waals surface area contributed by atoms with Gasteiger partial charge in [0.15, 0.2) is 0 Å². The average molecular weight is 251 g/mol. The van der Waals surface area contributed by atoms with E-state index in [2.05, 4.69) is 6.92 Å². The van der Waals surface area contributed by atoms with Crippen molar-refractivity contribution in [3.8, 4) is 0 Å². The maximum atomic E-state index is 11.5. The first-order chi connectivity index (χ1) is 7.59. The molecule has 0 saturated carbocycles. The molecule has 1 fully saturated rings. The number of nitrogens with zero attached hydrogens (tertiary/aromatic N) is 1. The van der Waals surface area contributed by atoms with Crippen LogP contribution in [-0.2, 0) is 4.74 Å². The molecule has 0 aliphatic carbocycles. The highest BCUT2D eigenvalue weighted by Crippen LogP contribution is 2.16. The quantitative estimate of drug-likeness (QED) is 0.763. The third-order valence-electron chi connectivity index (χ3n) is 2.58. The zero-order valence-corrected chi connectivity index (χ0v) is 11.2. The van der Waals surface area contributed by atoms with Gasteiger partial charge in [0.2, 0.25) is 0 Å². The van der Waals surface area contributed by atoms with E-state index in [1.807, 2.05) is 31.8 Å². The van der Waals surface area contributed by atoms with Crippen molar-refractivity contribution in [2.24, 2.45) is 11.8 Å². The lowest BCUT2D eigenvalue weighted by Gasteiger charge is -2.29. The molecule has 0 atom stereocenters. The van der Waals surface area contributed by atoms with Gasteiger partial charge in [0.25, 0.3) is 0 Å². The summed E-state index contributed by atoms with van der Waals surface area (Å²) < 4.78 is 14.4. The molecule has 0 aromatic heterocycles. The first-order valence-corrected chi connectivity index (χ1v) is 6.02. The van der Waals surface area contributed by atoms with Gasteiger partial charge in [-0.3, -0.25) is 0 Å². The van der Waals surface area contributed by atoms with Crippen LogP contribution in [0.5, 0.6) is 0 Å². The number of hydrogen-bond acceptors (Lipinski definition) is 3. The Morgan fingerprint density at radius 1 is 1.44 bits per heavy atom. The smallest absolute Gasteiger partial charge is 0.409 e. The number of carbonyl (C=O) groups excluding carboxylic acids is 1. The lowest BCUT2D eigenvalue weighted by atomic mass is 10.00. The first kappa shape index (κ1) is 15.6. The molecular formula is C11H22FNO2S. The van der Waals surface area contributed by atoms with Crippen LogP contribution < -0.4 is 0 Å². The summed E-state index contributed by atoms with van der Waals surface area (Å²) in [6, 6.07) is 0. The second-order valence-electron chi connectivity index (χ2n) is 4.64. The second kappa shape index (κ2) is 8.67. The summed E-state index contributed by atoms with van der Waals surface area (Å²) in [6.07, 6.45) is 2.08. The van der Waals surface area contributed by atoms with Crippen LogP contribution >= 0.6 is 13.0 Å². The van der Waals surface area contributed by atoms with Gasteiger partial charge in [0, 0.05) is 26.1 Å². The Labute approximate surface area is 103 Å². The Morgan fingerprint density at radius 3 is 2.38 bits per heavy atom. The van der Waals surface area contributed by atoms with E-state index >= 15 is 0 Å². The van der Waals surface area contributed by atoms with E-state index in [-0.39, 0.29) is 6.09 Å². The predicted molar refractivity (Wildman–Crippen MR) is 66.3 cm³/mol. The van der Waals surface area contributed by atoms with Crippen molar-refractivity contribution in [3.63, 3.8) is 0 Å². The minimum Gasteiger partial charge on any atom is -0.449 e. The van der Waals surface area contributed by atoms with Crippen LogP contribution in [0.1, 0.15) is 33.6 Å². The van der Waals surface area contributed by atoms with Crippen molar-refractivity contribution in [1.82, 2.24) is 4.90 Å². The standard InChI is InChI=1S/C11H21NO2.FHS/c1-9(2)8-14-11(13)12-6-4-10(3)5-7-12;1-2/h9-10H,4-8H2,1-3H3;2H. The molecule has 0 bridgehead atoms. The number of hydrogen-bond donors (Lipinski definition) is 1. The minimum absolute atomic E-state index is 0.134. The van der Waals surface area contributed by atoms with Gasteiger partial charge < -0.3 is 9.64 Å². The Kier molecular flexibility index (Phi) is 8.43. The molecule has 0 unspecified atom stereocenters. The molecule has 5 heteroatoms. The van der Waals surface area contributed by atoms with Gasteiger partial charge >= 0.3 is 6.09 Å². The monoisotopic (exact) mass is 251 g/mol. The molecule has 96 valence electrons. The third kappa shape index (κ3) is 6.20. The van der Waals surface area contributed by atoms with Crippen LogP contribution in [0, 0.1) is 11.8 Å². The van der Waals surface area contributed by atoms with Crippen molar-refractivity contribution < 1.29 is 13.4 Å². The van der Waals surface area contributed by atoms with Gasteiger partial charge in [-0.15, -0.1) is 0 Å². The van der Waals surface area contributed by atoms with Crippen LogP contribution in [0.3, 0.4) is 0 Å². The highest BCUT2D eigenvalue weighted by molar-refractivity contribution is 7.74. The number of halogens is 1. The Bertz CT molecular complexity index is 194. The van der Waals surface area contributed by atoms with Gasteiger partial charge in [0.1, 0.15) is 0 Å². The van der Waals surface area contributed by atoms with Crippen molar-refractivity contribution in [1.29, 1.82) is 0 Å².